The van der Waals surface area contributed by atoms with E-state index < -0.39 is 10.8 Å². The van der Waals surface area contributed by atoms with Crippen LogP contribution in [0.2, 0.25) is 0 Å². The number of nitrogens with zero attached hydrogens (tertiary/aromatic N) is 1. The third-order valence-electron chi connectivity index (χ3n) is 2.06. The Bertz CT molecular complexity index is 143. The van der Waals surface area contributed by atoms with Gasteiger partial charge in [-0.05, 0) is 6.92 Å². The van der Waals surface area contributed by atoms with E-state index in [4.69, 9.17) is 11.6 Å². The van der Waals surface area contributed by atoms with Crippen molar-refractivity contribution < 1.29 is 4.21 Å². The Morgan fingerprint density at radius 1 is 1.55 bits per heavy atom. The standard InChI is InChI=1S/C7H14ClNOS/c1-7(6-8)9-2-4-11(10)5-3-9/h7H,2-6H2,1H3. The Morgan fingerprint density at radius 2 is 2.09 bits per heavy atom. The molecular formula is C7H14ClNOS. The van der Waals surface area contributed by atoms with Gasteiger partial charge in [0.15, 0.2) is 0 Å². The molecule has 4 heteroatoms. The zero-order valence-corrected chi connectivity index (χ0v) is 8.33. The van der Waals surface area contributed by atoms with E-state index in [-0.39, 0.29) is 0 Å². The SMILES string of the molecule is CC(CCl)N1CCS(=O)CC1. The second kappa shape index (κ2) is 4.43. The Balaban J connectivity index is 2.32. The molecule has 11 heavy (non-hydrogen) atoms. The summed E-state index contributed by atoms with van der Waals surface area (Å²) in [5.74, 6) is 2.31. The van der Waals surface area contributed by atoms with E-state index in [1.165, 1.54) is 0 Å². The van der Waals surface area contributed by atoms with Crippen LogP contribution < -0.4 is 0 Å². The highest BCUT2D eigenvalue weighted by molar-refractivity contribution is 7.85. The normalized spacial score (nSPS) is 25.3. The first kappa shape index (κ1) is 9.49. The van der Waals surface area contributed by atoms with Gasteiger partial charge in [-0.15, -0.1) is 11.6 Å². The van der Waals surface area contributed by atoms with Crippen LogP contribution in [-0.4, -0.2) is 45.6 Å². The average Bonchev–Trinajstić information content (AvgIpc) is 2.05. The van der Waals surface area contributed by atoms with E-state index in [1.807, 2.05) is 0 Å². The molecule has 0 aromatic heterocycles. The molecule has 1 aliphatic heterocycles. The van der Waals surface area contributed by atoms with Crippen LogP contribution in [0.25, 0.3) is 0 Å². The second-order valence-electron chi connectivity index (χ2n) is 2.89. The van der Waals surface area contributed by atoms with E-state index in [0.29, 0.717) is 11.9 Å². The van der Waals surface area contributed by atoms with Gasteiger partial charge >= 0.3 is 0 Å². The minimum atomic E-state index is -0.564. The molecule has 1 saturated heterocycles. The smallest absolute Gasteiger partial charge is 0.0376 e. The number of hydrogen-bond donors (Lipinski definition) is 0. The van der Waals surface area contributed by atoms with Crippen LogP contribution in [-0.2, 0) is 10.8 Å². The van der Waals surface area contributed by atoms with Gasteiger partial charge in [0.25, 0.3) is 0 Å². The summed E-state index contributed by atoms with van der Waals surface area (Å²) in [6, 6.07) is 0.439. The van der Waals surface area contributed by atoms with Gasteiger partial charge < -0.3 is 0 Å². The number of rotatable bonds is 2. The van der Waals surface area contributed by atoms with Crippen molar-refractivity contribution in [3.63, 3.8) is 0 Å². The quantitative estimate of drug-likeness (QED) is 0.604. The van der Waals surface area contributed by atoms with Crippen LogP contribution in [0.5, 0.6) is 0 Å². The van der Waals surface area contributed by atoms with Crippen molar-refractivity contribution in [3.8, 4) is 0 Å². The van der Waals surface area contributed by atoms with Crippen molar-refractivity contribution in [2.75, 3.05) is 30.5 Å². The molecule has 0 N–H and O–H groups in total. The van der Waals surface area contributed by atoms with Crippen molar-refractivity contribution >= 4 is 22.4 Å². The van der Waals surface area contributed by atoms with Crippen molar-refractivity contribution in [1.29, 1.82) is 0 Å². The lowest BCUT2D eigenvalue weighted by molar-refractivity contribution is 0.246. The molecule has 1 heterocycles. The number of halogens is 1. The molecular weight excluding hydrogens is 182 g/mol. The van der Waals surface area contributed by atoms with E-state index in [0.717, 1.165) is 24.6 Å². The molecule has 0 radical (unpaired) electrons. The summed E-state index contributed by atoms with van der Waals surface area (Å²) in [6.45, 7) is 4.00. The Hall–Kier alpha value is 0.400. The van der Waals surface area contributed by atoms with Gasteiger partial charge in [-0.25, -0.2) is 0 Å². The summed E-state index contributed by atoms with van der Waals surface area (Å²) in [6.07, 6.45) is 0. The van der Waals surface area contributed by atoms with Gasteiger partial charge in [-0.2, -0.15) is 0 Å². The highest BCUT2D eigenvalue weighted by Crippen LogP contribution is 2.06. The van der Waals surface area contributed by atoms with E-state index in [9.17, 15) is 4.21 Å². The molecule has 1 unspecified atom stereocenters. The maximum absolute atomic E-state index is 11.0. The van der Waals surface area contributed by atoms with E-state index in [1.54, 1.807) is 0 Å². The molecule has 0 bridgehead atoms. The Labute approximate surface area is 75.4 Å². The molecule has 1 atom stereocenters. The van der Waals surface area contributed by atoms with Gasteiger partial charge in [-0.1, -0.05) is 0 Å². The predicted molar refractivity (Wildman–Crippen MR) is 49.6 cm³/mol. The van der Waals surface area contributed by atoms with Crippen molar-refractivity contribution in [2.45, 2.75) is 13.0 Å². The second-order valence-corrected chi connectivity index (χ2v) is 4.89. The molecule has 0 aromatic carbocycles. The van der Waals surface area contributed by atoms with Gasteiger partial charge in [0.2, 0.25) is 0 Å². The third kappa shape index (κ3) is 2.73. The molecule has 1 aliphatic rings. The fraction of sp³-hybridized carbons (Fsp3) is 1.00. The van der Waals surface area contributed by atoms with Gasteiger partial charge in [0, 0.05) is 47.3 Å². The first-order valence-electron chi connectivity index (χ1n) is 3.89. The number of hydrogen-bond acceptors (Lipinski definition) is 2. The monoisotopic (exact) mass is 195 g/mol. The summed E-state index contributed by atoms with van der Waals surface area (Å²) in [4.78, 5) is 2.30. The summed E-state index contributed by atoms with van der Waals surface area (Å²) >= 11 is 5.70. The minimum absolute atomic E-state index is 0.439. The van der Waals surface area contributed by atoms with Crippen LogP contribution in [0.1, 0.15) is 6.92 Å². The fourth-order valence-corrected chi connectivity index (χ4v) is 2.47. The highest BCUT2D eigenvalue weighted by atomic mass is 35.5. The number of alkyl halides is 1. The summed E-state index contributed by atoms with van der Waals surface area (Å²) < 4.78 is 11.0. The molecule has 0 aromatic rings. The summed E-state index contributed by atoms with van der Waals surface area (Å²) in [5.41, 5.74) is 0. The first-order valence-corrected chi connectivity index (χ1v) is 5.91. The maximum atomic E-state index is 11.0. The molecule has 1 rings (SSSR count). The molecule has 1 fully saturated rings. The fourth-order valence-electron chi connectivity index (χ4n) is 1.19. The van der Waals surface area contributed by atoms with Gasteiger partial charge in [-0.3, -0.25) is 9.11 Å². The van der Waals surface area contributed by atoms with Crippen molar-refractivity contribution in [3.05, 3.63) is 0 Å². The maximum Gasteiger partial charge on any atom is 0.0376 e. The Morgan fingerprint density at radius 3 is 2.55 bits per heavy atom. The molecule has 0 aliphatic carbocycles. The predicted octanol–water partition coefficient (Wildman–Crippen LogP) is 0.678. The van der Waals surface area contributed by atoms with Crippen molar-refractivity contribution in [1.82, 2.24) is 4.90 Å². The summed E-state index contributed by atoms with van der Waals surface area (Å²) in [7, 11) is -0.564. The Kier molecular flexibility index (Phi) is 3.82. The van der Waals surface area contributed by atoms with Crippen LogP contribution in [0.15, 0.2) is 0 Å². The average molecular weight is 196 g/mol. The van der Waals surface area contributed by atoms with Crippen LogP contribution >= 0.6 is 11.6 Å². The van der Waals surface area contributed by atoms with Gasteiger partial charge in [0.1, 0.15) is 0 Å². The third-order valence-corrected chi connectivity index (χ3v) is 3.78. The van der Waals surface area contributed by atoms with Crippen LogP contribution in [0.3, 0.4) is 0 Å². The summed E-state index contributed by atoms with van der Waals surface area (Å²) in [5, 5.41) is 0. The molecule has 0 spiro atoms. The minimum Gasteiger partial charge on any atom is -0.298 e. The molecule has 66 valence electrons. The zero-order valence-electron chi connectivity index (χ0n) is 6.75. The largest absolute Gasteiger partial charge is 0.298 e. The molecule has 0 amide bonds. The zero-order chi connectivity index (χ0) is 8.27. The van der Waals surface area contributed by atoms with Crippen LogP contribution in [0.4, 0.5) is 0 Å². The van der Waals surface area contributed by atoms with E-state index >= 15 is 0 Å². The lowest BCUT2D eigenvalue weighted by Gasteiger charge is -2.30. The lowest BCUT2D eigenvalue weighted by atomic mass is 10.3. The molecule has 0 saturated carbocycles. The topological polar surface area (TPSA) is 20.3 Å². The van der Waals surface area contributed by atoms with E-state index in [2.05, 4.69) is 11.8 Å². The van der Waals surface area contributed by atoms with Crippen LogP contribution in [0, 0.1) is 0 Å². The first-order chi connectivity index (χ1) is 5.24. The molecule has 2 nitrogen and oxygen atoms in total. The lowest BCUT2D eigenvalue weighted by Crippen LogP contribution is -2.43. The van der Waals surface area contributed by atoms with Crippen molar-refractivity contribution in [2.24, 2.45) is 0 Å². The highest BCUT2D eigenvalue weighted by Gasteiger charge is 2.18. The van der Waals surface area contributed by atoms with Gasteiger partial charge in [0.05, 0.1) is 0 Å².